The molecule has 5 rings (SSSR count). The predicted molar refractivity (Wildman–Crippen MR) is 139 cm³/mol. The minimum atomic E-state index is -0.684. The molecule has 3 amide bonds. The van der Waals surface area contributed by atoms with Gasteiger partial charge in [-0.1, -0.05) is 0 Å². The van der Waals surface area contributed by atoms with Gasteiger partial charge in [0.1, 0.15) is 17.4 Å². The number of hydrogen-bond donors (Lipinski definition) is 2. The first-order valence-corrected chi connectivity index (χ1v) is 13.3. The summed E-state index contributed by atoms with van der Waals surface area (Å²) in [6, 6.07) is 6.88. The van der Waals surface area contributed by atoms with E-state index in [2.05, 4.69) is 10.6 Å². The summed E-state index contributed by atoms with van der Waals surface area (Å²) in [7, 11) is 0. The zero-order valence-corrected chi connectivity index (χ0v) is 21.3. The van der Waals surface area contributed by atoms with Crippen LogP contribution in [0.2, 0.25) is 0 Å². The summed E-state index contributed by atoms with van der Waals surface area (Å²) in [6.45, 7) is 4.94. The number of aryl methyl sites for hydroxylation is 1. The Hall–Kier alpha value is -3.40. The van der Waals surface area contributed by atoms with Crippen molar-refractivity contribution in [1.29, 1.82) is 0 Å². The second-order valence-electron chi connectivity index (χ2n) is 10.1. The van der Waals surface area contributed by atoms with Crippen molar-refractivity contribution in [1.82, 2.24) is 15.1 Å². The van der Waals surface area contributed by atoms with E-state index in [0.29, 0.717) is 32.6 Å². The smallest absolute Gasteiger partial charge is 0.247 e. The number of nitrogens with zero attached hydrogens (tertiary/aromatic N) is 3. The highest BCUT2D eigenvalue weighted by molar-refractivity contribution is 6.06. The van der Waals surface area contributed by atoms with Crippen LogP contribution >= 0.6 is 0 Å². The number of rotatable bonds is 5. The Morgan fingerprint density at radius 2 is 1.89 bits per heavy atom. The normalized spacial score (nSPS) is 22.9. The molecule has 0 radical (unpaired) electrons. The quantitative estimate of drug-likeness (QED) is 0.473. The second-order valence-corrected chi connectivity index (χ2v) is 10.1. The number of carbonyl (C=O) groups excluding carboxylic acids is 3. The topological polar surface area (TPSA) is 116 Å². The van der Waals surface area contributed by atoms with Crippen LogP contribution in [0.3, 0.4) is 0 Å². The molecule has 3 fully saturated rings. The summed E-state index contributed by atoms with van der Waals surface area (Å²) in [5.74, 6) is 0.401. The minimum Gasteiger partial charge on any atom is -0.461 e. The van der Waals surface area contributed by atoms with Crippen LogP contribution in [-0.2, 0) is 19.1 Å². The largest absolute Gasteiger partial charge is 0.461 e. The molecular formula is C27H35N5O5. The van der Waals surface area contributed by atoms with Crippen LogP contribution in [0, 0.1) is 12.8 Å². The van der Waals surface area contributed by atoms with Gasteiger partial charge in [-0.15, -0.1) is 0 Å². The molecule has 0 aliphatic carbocycles. The maximum atomic E-state index is 13.5. The first kappa shape index (κ1) is 25.3. The number of anilines is 1. The van der Waals surface area contributed by atoms with Crippen LogP contribution in [0.15, 0.2) is 33.7 Å². The van der Waals surface area contributed by atoms with Gasteiger partial charge in [-0.05, 0) is 69.7 Å². The van der Waals surface area contributed by atoms with Gasteiger partial charge in [-0.2, -0.15) is 0 Å². The number of carbonyl (C=O) groups is 3. The lowest BCUT2D eigenvalue weighted by Crippen LogP contribution is -2.46. The summed E-state index contributed by atoms with van der Waals surface area (Å²) < 4.78 is 11.0. The Kier molecular flexibility index (Phi) is 7.73. The summed E-state index contributed by atoms with van der Waals surface area (Å²) in [6.07, 6.45) is 4.85. The molecule has 2 atom stereocenters. The number of likely N-dealkylation sites (tertiary alicyclic amines) is 2. The van der Waals surface area contributed by atoms with Crippen molar-refractivity contribution in [3.8, 4) is 0 Å². The van der Waals surface area contributed by atoms with Crippen LogP contribution in [0.4, 0.5) is 5.69 Å². The van der Waals surface area contributed by atoms with E-state index in [1.54, 1.807) is 4.90 Å². The lowest BCUT2D eigenvalue weighted by atomic mass is 10.1. The lowest BCUT2D eigenvalue weighted by molar-refractivity contribution is -0.140. The van der Waals surface area contributed by atoms with Gasteiger partial charge >= 0.3 is 0 Å². The Labute approximate surface area is 216 Å². The van der Waals surface area contributed by atoms with Crippen molar-refractivity contribution in [2.75, 3.05) is 44.7 Å². The number of nitrogens with one attached hydrogen (secondary N) is 2. The van der Waals surface area contributed by atoms with Gasteiger partial charge in [0.15, 0.2) is 0 Å². The van der Waals surface area contributed by atoms with E-state index >= 15 is 0 Å². The number of ether oxygens (including phenoxy) is 1. The summed E-state index contributed by atoms with van der Waals surface area (Å²) in [5.41, 5.74) is 1.49. The predicted octanol–water partition coefficient (Wildman–Crippen LogP) is 2.67. The van der Waals surface area contributed by atoms with Gasteiger partial charge in [0.05, 0.1) is 19.1 Å². The molecule has 0 bridgehead atoms. The van der Waals surface area contributed by atoms with Gasteiger partial charge < -0.3 is 24.3 Å². The molecule has 0 spiro atoms. The van der Waals surface area contributed by atoms with Crippen molar-refractivity contribution in [3.05, 3.63) is 30.0 Å². The Bertz CT molecular complexity index is 1180. The van der Waals surface area contributed by atoms with Crippen molar-refractivity contribution >= 4 is 40.3 Å². The van der Waals surface area contributed by atoms with E-state index in [4.69, 9.17) is 14.1 Å². The number of hydrogen-bond acceptors (Lipinski definition) is 6. The van der Waals surface area contributed by atoms with Crippen molar-refractivity contribution in [3.63, 3.8) is 0 Å². The molecule has 198 valence electrons. The van der Waals surface area contributed by atoms with E-state index < -0.39 is 6.04 Å². The first-order chi connectivity index (χ1) is 18.0. The highest BCUT2D eigenvalue weighted by atomic mass is 16.5. The number of amides is 3. The Morgan fingerprint density at radius 1 is 1.08 bits per heavy atom. The van der Waals surface area contributed by atoms with Crippen molar-refractivity contribution in [2.24, 2.45) is 10.9 Å². The molecule has 10 heteroatoms. The molecular weight excluding hydrogens is 474 g/mol. The van der Waals surface area contributed by atoms with Crippen molar-refractivity contribution < 1.29 is 23.5 Å². The van der Waals surface area contributed by atoms with Crippen LogP contribution in [0.25, 0.3) is 11.0 Å². The molecule has 3 saturated heterocycles. The third kappa shape index (κ3) is 6.12. The van der Waals surface area contributed by atoms with Gasteiger partial charge in [0, 0.05) is 37.3 Å². The fraction of sp³-hybridized carbons (Fsp3) is 0.556. The lowest BCUT2D eigenvalue weighted by Gasteiger charge is -2.25. The highest BCUT2D eigenvalue weighted by Crippen LogP contribution is 2.23. The molecule has 2 aromatic rings. The molecule has 0 saturated carbocycles. The summed E-state index contributed by atoms with van der Waals surface area (Å²) in [5, 5.41) is 7.04. The molecule has 3 aliphatic rings. The monoisotopic (exact) mass is 509 g/mol. The average Bonchev–Trinajstić information content (AvgIpc) is 3.64. The standard InChI is InChI=1S/C27H35N5O5/c1-18-14-20-15-21(7-8-23(20)37-18)28-27(30-25(34)19-9-13-36-17-19)29-22-6-2-3-12-32(26(22)35)16-24(33)31-10-4-5-11-31/h7-8,14-15,19,22H,2-6,9-13,16-17H2,1H3,(H2,28,29,30,34)/t19?,22-/m0/s1. The van der Waals surface area contributed by atoms with Crippen LogP contribution in [0.5, 0.6) is 0 Å². The zero-order valence-electron chi connectivity index (χ0n) is 21.3. The number of aliphatic imine (C=N–C) groups is 1. The fourth-order valence-corrected chi connectivity index (χ4v) is 5.19. The second kappa shape index (κ2) is 11.3. The number of benzene rings is 1. The third-order valence-electron chi connectivity index (χ3n) is 7.27. The van der Waals surface area contributed by atoms with E-state index in [9.17, 15) is 14.4 Å². The summed E-state index contributed by atoms with van der Waals surface area (Å²) in [4.78, 5) is 47.3. The Balaban J connectivity index is 1.36. The highest BCUT2D eigenvalue weighted by Gasteiger charge is 2.31. The van der Waals surface area contributed by atoms with Gasteiger partial charge in [-0.3, -0.25) is 19.7 Å². The molecule has 1 aromatic heterocycles. The van der Waals surface area contributed by atoms with Crippen LogP contribution < -0.4 is 10.6 Å². The van der Waals surface area contributed by atoms with Crippen LogP contribution in [-0.4, -0.2) is 78.9 Å². The number of furan rings is 1. The molecule has 1 aromatic carbocycles. The summed E-state index contributed by atoms with van der Waals surface area (Å²) >= 11 is 0. The molecule has 37 heavy (non-hydrogen) atoms. The van der Waals surface area contributed by atoms with E-state index in [1.165, 1.54) is 0 Å². The Morgan fingerprint density at radius 3 is 2.68 bits per heavy atom. The SMILES string of the molecule is Cc1cc2cc(NC(=N[C@H]3CCCCN(CC(=O)N4CCCC4)C3=O)NC(=O)C3CCOC3)ccc2o1. The molecule has 10 nitrogen and oxygen atoms in total. The van der Waals surface area contributed by atoms with Crippen molar-refractivity contribution in [2.45, 2.75) is 51.5 Å². The zero-order chi connectivity index (χ0) is 25.8. The fourth-order valence-electron chi connectivity index (χ4n) is 5.19. The number of guanidine groups is 1. The van der Waals surface area contributed by atoms with Gasteiger partial charge in [-0.25, -0.2) is 4.99 Å². The van der Waals surface area contributed by atoms with E-state index in [1.807, 2.05) is 36.1 Å². The van der Waals surface area contributed by atoms with E-state index in [0.717, 1.165) is 61.2 Å². The molecule has 1 unspecified atom stereocenters. The maximum absolute atomic E-state index is 13.5. The van der Waals surface area contributed by atoms with Gasteiger partial charge in [0.2, 0.25) is 23.7 Å². The molecule has 2 N–H and O–H groups in total. The number of fused-ring (bicyclic) bond motifs is 1. The maximum Gasteiger partial charge on any atom is 0.247 e. The first-order valence-electron chi connectivity index (χ1n) is 13.3. The molecule has 4 heterocycles. The van der Waals surface area contributed by atoms with E-state index in [-0.39, 0.29) is 36.1 Å². The third-order valence-corrected chi connectivity index (χ3v) is 7.27. The molecule has 3 aliphatic heterocycles. The van der Waals surface area contributed by atoms with Crippen LogP contribution in [0.1, 0.15) is 44.3 Å². The average molecular weight is 510 g/mol. The minimum absolute atomic E-state index is 0.00734. The van der Waals surface area contributed by atoms with Gasteiger partial charge in [0.25, 0.3) is 0 Å².